The second kappa shape index (κ2) is 9.89. The van der Waals surface area contributed by atoms with Crippen molar-refractivity contribution >= 4 is 33.4 Å². The molecule has 2 N–H and O–H groups in total. The Labute approximate surface area is 193 Å². The van der Waals surface area contributed by atoms with Gasteiger partial charge in [0.25, 0.3) is 0 Å². The van der Waals surface area contributed by atoms with E-state index in [-0.39, 0.29) is 16.8 Å². The van der Waals surface area contributed by atoms with Crippen molar-refractivity contribution in [3.63, 3.8) is 0 Å². The highest BCUT2D eigenvalue weighted by Crippen LogP contribution is 2.27. The fraction of sp³-hybridized carbons (Fsp3) is 0.304. The van der Waals surface area contributed by atoms with Crippen molar-refractivity contribution in [1.82, 2.24) is 14.3 Å². The van der Waals surface area contributed by atoms with Gasteiger partial charge in [0.2, 0.25) is 15.9 Å². The van der Waals surface area contributed by atoms with Crippen LogP contribution in [0.15, 0.2) is 64.9 Å². The number of nitrogens with zero attached hydrogens (tertiary/aromatic N) is 2. The van der Waals surface area contributed by atoms with Crippen LogP contribution in [0.4, 0.5) is 5.69 Å². The minimum atomic E-state index is -3.57. The van der Waals surface area contributed by atoms with E-state index in [4.69, 9.17) is 0 Å². The lowest BCUT2D eigenvalue weighted by Crippen LogP contribution is -2.30. The number of aromatic nitrogens is 2. The summed E-state index contributed by atoms with van der Waals surface area (Å²) in [5, 5.41) is 3.16. The van der Waals surface area contributed by atoms with Crippen LogP contribution in [0, 0.1) is 13.8 Å². The molecular weight excluding hydrogens is 444 g/mol. The summed E-state index contributed by atoms with van der Waals surface area (Å²) in [6.07, 6.45) is 3.61. The predicted octanol–water partition coefficient (Wildman–Crippen LogP) is 4.30. The minimum absolute atomic E-state index is 0.155. The Kier molecular flexibility index (Phi) is 7.43. The molecule has 1 unspecified atom stereocenters. The number of hydrogen-bond donors (Lipinski definition) is 2. The maximum atomic E-state index is 12.7. The Morgan fingerprint density at radius 1 is 1.06 bits per heavy atom. The highest BCUT2D eigenvalue weighted by atomic mass is 32.2. The van der Waals surface area contributed by atoms with Crippen molar-refractivity contribution in [2.75, 3.05) is 5.32 Å². The van der Waals surface area contributed by atoms with Gasteiger partial charge < -0.3 is 5.32 Å². The number of imidazole rings is 1. The van der Waals surface area contributed by atoms with Gasteiger partial charge >= 0.3 is 0 Å². The van der Waals surface area contributed by atoms with Crippen molar-refractivity contribution in [3.05, 3.63) is 66.0 Å². The quantitative estimate of drug-likeness (QED) is 0.477. The molecule has 0 aliphatic carbocycles. The third kappa shape index (κ3) is 5.59. The maximum absolute atomic E-state index is 12.7. The zero-order valence-corrected chi connectivity index (χ0v) is 20.4. The Hall–Kier alpha value is -2.62. The topological polar surface area (TPSA) is 93.1 Å². The van der Waals surface area contributed by atoms with E-state index in [0.717, 1.165) is 16.4 Å². The normalized spacial score (nSPS) is 12.7. The first-order valence-corrected chi connectivity index (χ1v) is 12.6. The van der Waals surface area contributed by atoms with E-state index >= 15 is 0 Å². The molecule has 3 aromatic rings. The average Bonchev–Trinajstić information content (AvgIpc) is 3.17. The fourth-order valence-corrected chi connectivity index (χ4v) is 5.24. The molecular formula is C23H28N4O3S2. The van der Waals surface area contributed by atoms with Gasteiger partial charge in [0.05, 0.1) is 15.8 Å². The molecule has 170 valence electrons. The first kappa shape index (κ1) is 24.0. The van der Waals surface area contributed by atoms with Crippen molar-refractivity contribution in [2.45, 2.75) is 56.0 Å². The molecule has 7 nitrogen and oxygen atoms in total. The third-order valence-electron chi connectivity index (χ3n) is 4.92. The molecule has 1 heterocycles. The highest BCUT2D eigenvalue weighted by molar-refractivity contribution is 8.00. The zero-order chi connectivity index (χ0) is 23.5. The Balaban J connectivity index is 1.69. The number of carbonyl (C=O) groups is 1. The SMILES string of the molecule is Cc1cccc(-n2ccnc2SC(C)C(=O)Nc2ccc(S(=O)(=O)NC(C)C)cc2)c1C. The van der Waals surface area contributed by atoms with Gasteiger partial charge in [-0.05, 0) is 76.1 Å². The maximum Gasteiger partial charge on any atom is 0.240 e. The first-order chi connectivity index (χ1) is 15.1. The molecule has 2 aromatic carbocycles. The number of nitrogens with one attached hydrogen (secondary N) is 2. The van der Waals surface area contributed by atoms with Crippen molar-refractivity contribution in [3.8, 4) is 5.69 Å². The van der Waals surface area contributed by atoms with E-state index in [1.165, 1.54) is 29.5 Å². The number of thioether (sulfide) groups is 1. The largest absolute Gasteiger partial charge is 0.325 e. The molecule has 0 saturated carbocycles. The molecule has 32 heavy (non-hydrogen) atoms. The first-order valence-electron chi connectivity index (χ1n) is 10.3. The van der Waals surface area contributed by atoms with E-state index in [1.54, 1.807) is 32.2 Å². The van der Waals surface area contributed by atoms with E-state index in [0.29, 0.717) is 5.69 Å². The number of benzene rings is 2. The molecule has 1 atom stereocenters. The average molecular weight is 473 g/mol. The van der Waals surface area contributed by atoms with Crippen LogP contribution in [0.3, 0.4) is 0 Å². The summed E-state index contributed by atoms with van der Waals surface area (Å²) in [5.74, 6) is -0.193. The summed E-state index contributed by atoms with van der Waals surface area (Å²) in [7, 11) is -3.57. The van der Waals surface area contributed by atoms with Gasteiger partial charge in [-0.25, -0.2) is 18.1 Å². The number of aryl methyl sites for hydroxylation is 1. The van der Waals surface area contributed by atoms with Gasteiger partial charge in [-0.15, -0.1) is 0 Å². The second-order valence-electron chi connectivity index (χ2n) is 7.85. The molecule has 9 heteroatoms. The Morgan fingerprint density at radius 2 is 1.75 bits per heavy atom. The summed E-state index contributed by atoms with van der Waals surface area (Å²) >= 11 is 1.36. The molecule has 3 rings (SSSR count). The van der Waals surface area contributed by atoms with Gasteiger partial charge in [-0.2, -0.15) is 0 Å². The summed E-state index contributed by atoms with van der Waals surface area (Å²) in [4.78, 5) is 17.3. The van der Waals surface area contributed by atoms with E-state index < -0.39 is 15.3 Å². The molecule has 1 aromatic heterocycles. The molecule has 0 saturated heterocycles. The summed E-state index contributed by atoms with van der Waals surface area (Å²) < 4.78 is 29.0. The lowest BCUT2D eigenvalue weighted by Gasteiger charge is -2.15. The Bertz CT molecular complexity index is 1200. The minimum Gasteiger partial charge on any atom is -0.325 e. The van der Waals surface area contributed by atoms with Gasteiger partial charge in [0.15, 0.2) is 5.16 Å². The lowest BCUT2D eigenvalue weighted by molar-refractivity contribution is -0.115. The van der Waals surface area contributed by atoms with Crippen LogP contribution in [-0.4, -0.2) is 35.2 Å². The molecule has 0 bridgehead atoms. The second-order valence-corrected chi connectivity index (χ2v) is 10.9. The highest BCUT2D eigenvalue weighted by Gasteiger charge is 2.20. The monoisotopic (exact) mass is 472 g/mol. The molecule has 0 aliphatic rings. The standard InChI is InChI=1S/C23H28N4O3S2/c1-15(2)26-32(29,30)20-11-9-19(10-12-20)25-22(28)18(5)31-23-24-13-14-27(23)21-8-6-7-16(3)17(21)4/h6-15,18,26H,1-5H3,(H,25,28). The van der Waals surface area contributed by atoms with Gasteiger partial charge in [-0.3, -0.25) is 9.36 Å². The van der Waals surface area contributed by atoms with Gasteiger partial charge in [-0.1, -0.05) is 23.9 Å². The smallest absolute Gasteiger partial charge is 0.240 e. The van der Waals surface area contributed by atoms with Crippen molar-refractivity contribution < 1.29 is 13.2 Å². The fourth-order valence-electron chi connectivity index (χ4n) is 3.11. The van der Waals surface area contributed by atoms with Gasteiger partial charge in [0.1, 0.15) is 0 Å². The number of anilines is 1. The van der Waals surface area contributed by atoms with Crippen LogP contribution in [0.1, 0.15) is 31.9 Å². The van der Waals surface area contributed by atoms with Crippen LogP contribution in [0.2, 0.25) is 0 Å². The van der Waals surface area contributed by atoms with Gasteiger partial charge in [0, 0.05) is 24.1 Å². The lowest BCUT2D eigenvalue weighted by atomic mass is 10.1. The van der Waals surface area contributed by atoms with E-state index in [2.05, 4.69) is 34.9 Å². The molecule has 0 aliphatic heterocycles. The van der Waals surface area contributed by atoms with Crippen LogP contribution < -0.4 is 10.0 Å². The molecule has 1 amide bonds. The number of hydrogen-bond acceptors (Lipinski definition) is 5. The summed E-state index contributed by atoms with van der Waals surface area (Å²) in [6.45, 7) is 9.46. The number of rotatable bonds is 8. The van der Waals surface area contributed by atoms with Crippen LogP contribution in [0.25, 0.3) is 5.69 Å². The van der Waals surface area contributed by atoms with Crippen LogP contribution >= 0.6 is 11.8 Å². The van der Waals surface area contributed by atoms with E-state index in [9.17, 15) is 13.2 Å². The number of amides is 1. The number of sulfonamides is 1. The molecule has 0 radical (unpaired) electrons. The Morgan fingerprint density at radius 3 is 2.41 bits per heavy atom. The van der Waals surface area contributed by atoms with Crippen LogP contribution in [-0.2, 0) is 14.8 Å². The zero-order valence-electron chi connectivity index (χ0n) is 18.8. The molecule has 0 fully saturated rings. The molecule has 0 spiro atoms. The summed E-state index contributed by atoms with van der Waals surface area (Å²) in [6, 6.07) is 12.0. The van der Waals surface area contributed by atoms with Crippen molar-refractivity contribution in [1.29, 1.82) is 0 Å². The van der Waals surface area contributed by atoms with E-state index in [1.807, 2.05) is 29.8 Å². The number of carbonyl (C=O) groups excluding carboxylic acids is 1. The predicted molar refractivity (Wildman–Crippen MR) is 129 cm³/mol. The van der Waals surface area contributed by atoms with Crippen LogP contribution in [0.5, 0.6) is 0 Å². The third-order valence-corrected chi connectivity index (χ3v) is 7.67. The van der Waals surface area contributed by atoms with Crippen molar-refractivity contribution in [2.24, 2.45) is 0 Å². The summed E-state index contributed by atoms with van der Waals surface area (Å²) in [5.41, 5.74) is 3.91.